The average Bonchev–Trinajstić information content (AvgIpc) is 2.80. The summed E-state index contributed by atoms with van der Waals surface area (Å²) in [4.78, 5) is 4.36. The molecule has 0 unspecified atom stereocenters. The van der Waals surface area contributed by atoms with E-state index >= 15 is 0 Å². The molecular weight excluding hydrogens is 234 g/mol. The molecule has 0 spiro atoms. The molecule has 90 valence electrons. The summed E-state index contributed by atoms with van der Waals surface area (Å²) in [5.74, 6) is 0. The lowest BCUT2D eigenvalue weighted by Gasteiger charge is -2.05. The molecule has 4 heteroatoms. The van der Waals surface area contributed by atoms with E-state index in [1.165, 1.54) is 0 Å². The predicted octanol–water partition coefficient (Wildman–Crippen LogP) is 2.94. The summed E-state index contributed by atoms with van der Waals surface area (Å²) in [6, 6.07) is 6.07. The zero-order valence-corrected chi connectivity index (χ0v) is 10.8. The summed E-state index contributed by atoms with van der Waals surface area (Å²) in [6.45, 7) is 3.80. The fourth-order valence-corrected chi connectivity index (χ4v) is 1.97. The number of imidazole rings is 1. The Kier molecular flexibility index (Phi) is 3.82. The molecule has 1 heterocycles. The number of hydrogen-bond donors (Lipinski definition) is 1. The van der Waals surface area contributed by atoms with Gasteiger partial charge in [-0.3, -0.25) is 0 Å². The van der Waals surface area contributed by atoms with Crippen LogP contribution in [0.4, 0.5) is 0 Å². The molecule has 2 rings (SSSR count). The van der Waals surface area contributed by atoms with E-state index in [-0.39, 0.29) is 0 Å². The van der Waals surface area contributed by atoms with Gasteiger partial charge in [0.2, 0.25) is 0 Å². The second-order valence-corrected chi connectivity index (χ2v) is 4.33. The monoisotopic (exact) mass is 249 g/mol. The van der Waals surface area contributed by atoms with Gasteiger partial charge in [0.25, 0.3) is 0 Å². The van der Waals surface area contributed by atoms with Crippen LogP contribution < -0.4 is 5.32 Å². The maximum absolute atomic E-state index is 6.22. The number of benzene rings is 1. The first-order valence-corrected chi connectivity index (χ1v) is 6.07. The van der Waals surface area contributed by atoms with Crippen LogP contribution in [-0.2, 0) is 13.1 Å². The van der Waals surface area contributed by atoms with Crippen LogP contribution >= 0.6 is 11.6 Å². The summed E-state index contributed by atoms with van der Waals surface area (Å²) in [5.41, 5.74) is 3.12. The Morgan fingerprint density at radius 1 is 1.41 bits per heavy atom. The second kappa shape index (κ2) is 5.34. The van der Waals surface area contributed by atoms with Crippen molar-refractivity contribution in [1.29, 1.82) is 0 Å². The Morgan fingerprint density at radius 2 is 2.24 bits per heavy atom. The van der Waals surface area contributed by atoms with Gasteiger partial charge in [-0.05, 0) is 25.6 Å². The van der Waals surface area contributed by atoms with Gasteiger partial charge in [0.15, 0.2) is 0 Å². The Labute approximate surface area is 106 Å². The number of nitrogens with one attached hydrogen (secondary N) is 1. The van der Waals surface area contributed by atoms with Crippen molar-refractivity contribution in [1.82, 2.24) is 14.9 Å². The van der Waals surface area contributed by atoms with Crippen molar-refractivity contribution in [2.45, 2.75) is 20.0 Å². The zero-order valence-electron chi connectivity index (χ0n) is 10.1. The smallest absolute Gasteiger partial charge is 0.0953 e. The van der Waals surface area contributed by atoms with Gasteiger partial charge in [0, 0.05) is 29.9 Å². The highest BCUT2D eigenvalue weighted by Crippen LogP contribution is 2.24. The Balaban J connectivity index is 2.30. The van der Waals surface area contributed by atoms with Gasteiger partial charge in [0.1, 0.15) is 0 Å². The molecule has 0 amide bonds. The summed E-state index contributed by atoms with van der Waals surface area (Å²) < 4.78 is 2.05. The molecule has 3 nitrogen and oxygen atoms in total. The van der Waals surface area contributed by atoms with Crippen molar-refractivity contribution < 1.29 is 0 Å². The minimum absolute atomic E-state index is 0.780. The molecule has 0 bridgehead atoms. The Hall–Kier alpha value is -1.32. The first-order valence-electron chi connectivity index (χ1n) is 5.69. The molecule has 1 aromatic carbocycles. The van der Waals surface area contributed by atoms with Crippen molar-refractivity contribution in [2.24, 2.45) is 0 Å². The largest absolute Gasteiger partial charge is 0.337 e. The maximum atomic E-state index is 6.22. The molecule has 0 aliphatic heterocycles. The van der Waals surface area contributed by atoms with Crippen molar-refractivity contribution >= 4 is 11.6 Å². The molecule has 0 fully saturated rings. The number of hydrogen-bond acceptors (Lipinski definition) is 2. The fourth-order valence-electron chi connectivity index (χ4n) is 1.72. The third-order valence-corrected chi connectivity index (χ3v) is 3.07. The van der Waals surface area contributed by atoms with Crippen molar-refractivity contribution in [3.05, 3.63) is 41.3 Å². The van der Waals surface area contributed by atoms with Crippen LogP contribution in [0.25, 0.3) is 11.3 Å². The minimum Gasteiger partial charge on any atom is -0.337 e. The quantitative estimate of drug-likeness (QED) is 0.903. The van der Waals surface area contributed by atoms with Crippen LogP contribution in [0.15, 0.2) is 30.7 Å². The van der Waals surface area contributed by atoms with Crippen LogP contribution in [0.2, 0.25) is 5.02 Å². The van der Waals surface area contributed by atoms with E-state index in [0.717, 1.165) is 34.9 Å². The van der Waals surface area contributed by atoms with E-state index in [0.29, 0.717) is 0 Å². The van der Waals surface area contributed by atoms with Gasteiger partial charge >= 0.3 is 0 Å². The molecule has 0 saturated heterocycles. The van der Waals surface area contributed by atoms with E-state index in [9.17, 15) is 0 Å². The van der Waals surface area contributed by atoms with Gasteiger partial charge in [-0.15, -0.1) is 0 Å². The maximum Gasteiger partial charge on any atom is 0.0953 e. The Bertz CT molecular complexity index is 505. The lowest BCUT2D eigenvalue weighted by atomic mass is 10.1. The summed E-state index contributed by atoms with van der Waals surface area (Å²) in [5, 5.41) is 3.87. The van der Waals surface area contributed by atoms with Crippen molar-refractivity contribution in [2.75, 3.05) is 7.05 Å². The highest BCUT2D eigenvalue weighted by atomic mass is 35.5. The first-order chi connectivity index (χ1) is 8.24. The van der Waals surface area contributed by atoms with Gasteiger partial charge in [-0.2, -0.15) is 0 Å². The average molecular weight is 250 g/mol. The predicted molar refractivity (Wildman–Crippen MR) is 71.1 cm³/mol. The molecule has 17 heavy (non-hydrogen) atoms. The summed E-state index contributed by atoms with van der Waals surface area (Å²) in [7, 11) is 1.91. The summed E-state index contributed by atoms with van der Waals surface area (Å²) in [6.07, 6.45) is 3.87. The van der Waals surface area contributed by atoms with Crippen LogP contribution in [0, 0.1) is 0 Å². The van der Waals surface area contributed by atoms with Crippen LogP contribution in [-0.4, -0.2) is 16.6 Å². The van der Waals surface area contributed by atoms with E-state index in [1.807, 2.05) is 36.3 Å². The molecule has 0 aliphatic carbocycles. The van der Waals surface area contributed by atoms with E-state index < -0.39 is 0 Å². The van der Waals surface area contributed by atoms with Gasteiger partial charge in [-0.1, -0.05) is 23.7 Å². The number of nitrogens with zero attached hydrogens (tertiary/aromatic N) is 2. The van der Waals surface area contributed by atoms with Crippen molar-refractivity contribution in [3.8, 4) is 11.3 Å². The molecule has 0 saturated carbocycles. The Morgan fingerprint density at radius 3 is 2.82 bits per heavy atom. The van der Waals surface area contributed by atoms with Crippen LogP contribution in [0.3, 0.4) is 0 Å². The standard InChI is InChI=1S/C13H16ClN3/c1-3-17-8-13(16-9-17)10-4-5-11(7-15-2)12(14)6-10/h4-6,8-9,15H,3,7H2,1-2H3. The molecular formula is C13H16ClN3. The third kappa shape index (κ3) is 2.68. The number of aromatic nitrogens is 2. The molecule has 0 atom stereocenters. The van der Waals surface area contributed by atoms with Crippen molar-refractivity contribution in [3.63, 3.8) is 0 Å². The van der Waals surface area contributed by atoms with E-state index in [2.05, 4.69) is 23.3 Å². The fraction of sp³-hybridized carbons (Fsp3) is 0.308. The van der Waals surface area contributed by atoms with Gasteiger partial charge in [-0.25, -0.2) is 4.98 Å². The number of aryl methyl sites for hydroxylation is 1. The minimum atomic E-state index is 0.780. The van der Waals surface area contributed by atoms with Crippen LogP contribution in [0.5, 0.6) is 0 Å². The van der Waals surface area contributed by atoms with Gasteiger partial charge < -0.3 is 9.88 Å². The topological polar surface area (TPSA) is 29.9 Å². The number of rotatable bonds is 4. The highest BCUT2D eigenvalue weighted by Gasteiger charge is 2.05. The molecule has 0 radical (unpaired) electrons. The second-order valence-electron chi connectivity index (χ2n) is 3.93. The number of halogens is 1. The molecule has 0 aliphatic rings. The van der Waals surface area contributed by atoms with Crippen LogP contribution in [0.1, 0.15) is 12.5 Å². The zero-order chi connectivity index (χ0) is 12.3. The molecule has 1 N–H and O–H groups in total. The third-order valence-electron chi connectivity index (χ3n) is 2.71. The SMILES string of the molecule is CCn1cnc(-c2ccc(CNC)c(Cl)c2)c1. The summed E-state index contributed by atoms with van der Waals surface area (Å²) >= 11 is 6.22. The van der Waals surface area contributed by atoms with E-state index in [4.69, 9.17) is 11.6 Å². The molecule has 2 aromatic rings. The molecule has 1 aromatic heterocycles. The normalized spacial score (nSPS) is 10.8. The lowest BCUT2D eigenvalue weighted by Crippen LogP contribution is -2.05. The van der Waals surface area contributed by atoms with Gasteiger partial charge in [0.05, 0.1) is 12.0 Å². The first kappa shape index (κ1) is 12.1. The highest BCUT2D eigenvalue weighted by molar-refractivity contribution is 6.31. The van der Waals surface area contributed by atoms with E-state index in [1.54, 1.807) is 0 Å². The lowest BCUT2D eigenvalue weighted by molar-refractivity contribution is 0.762.